The molecule has 0 radical (unpaired) electrons. The second-order valence-electron chi connectivity index (χ2n) is 4.73. The van der Waals surface area contributed by atoms with Gasteiger partial charge in [-0.3, -0.25) is 0 Å². The summed E-state index contributed by atoms with van der Waals surface area (Å²) in [5.41, 5.74) is 4.16. The maximum atomic E-state index is 11.2. The van der Waals surface area contributed by atoms with Crippen LogP contribution >= 0.6 is 11.6 Å². The van der Waals surface area contributed by atoms with Crippen LogP contribution in [0.5, 0.6) is 0 Å². The van der Waals surface area contributed by atoms with E-state index in [0.717, 1.165) is 22.4 Å². The van der Waals surface area contributed by atoms with Gasteiger partial charge in [-0.15, -0.1) is 0 Å². The monoisotopic (exact) mass is 290 g/mol. The van der Waals surface area contributed by atoms with Crippen molar-refractivity contribution < 1.29 is 9.90 Å². The summed E-state index contributed by atoms with van der Waals surface area (Å²) >= 11 is 5.85. The third-order valence-corrected chi connectivity index (χ3v) is 3.22. The second kappa shape index (κ2) is 5.51. The van der Waals surface area contributed by atoms with E-state index in [0.29, 0.717) is 0 Å². The quantitative estimate of drug-likeness (QED) is 0.835. The van der Waals surface area contributed by atoms with Gasteiger partial charge in [-0.25, -0.2) is 9.78 Å². The summed E-state index contributed by atoms with van der Waals surface area (Å²) in [5.74, 6) is -0.792. The zero-order valence-electron chi connectivity index (χ0n) is 11.5. The Bertz CT molecular complexity index is 661. The smallest absolute Gasteiger partial charge is 0.339 e. The first-order valence-electron chi connectivity index (χ1n) is 6.13. The van der Waals surface area contributed by atoms with Crippen LogP contribution in [0.3, 0.4) is 0 Å². The van der Waals surface area contributed by atoms with Crippen LogP contribution in [0.1, 0.15) is 27.0 Å². The highest BCUT2D eigenvalue weighted by Gasteiger charge is 2.14. The van der Waals surface area contributed by atoms with Gasteiger partial charge >= 0.3 is 5.97 Å². The number of aromatic carboxylic acids is 1. The topological polar surface area (TPSA) is 62.2 Å². The van der Waals surface area contributed by atoms with Crippen molar-refractivity contribution in [1.82, 2.24) is 4.98 Å². The largest absolute Gasteiger partial charge is 0.478 e. The Balaban J connectivity index is 2.50. The molecule has 1 aromatic carbocycles. The molecule has 2 aromatic rings. The van der Waals surface area contributed by atoms with Gasteiger partial charge in [0.15, 0.2) is 0 Å². The Kier molecular flexibility index (Phi) is 3.95. The highest BCUT2D eigenvalue weighted by molar-refractivity contribution is 6.29. The third kappa shape index (κ3) is 2.91. The molecule has 0 saturated heterocycles. The van der Waals surface area contributed by atoms with Gasteiger partial charge in [-0.2, -0.15) is 0 Å². The minimum Gasteiger partial charge on any atom is -0.478 e. The van der Waals surface area contributed by atoms with Crippen molar-refractivity contribution in [2.45, 2.75) is 20.8 Å². The van der Waals surface area contributed by atoms with Gasteiger partial charge in [-0.05, 0) is 44.0 Å². The molecule has 2 N–H and O–H groups in total. The average molecular weight is 291 g/mol. The molecule has 0 bridgehead atoms. The number of hydrogen-bond acceptors (Lipinski definition) is 3. The maximum Gasteiger partial charge on any atom is 0.339 e. The number of halogens is 1. The van der Waals surface area contributed by atoms with Crippen LogP contribution in [0.15, 0.2) is 24.3 Å². The van der Waals surface area contributed by atoms with E-state index in [1.807, 2.05) is 32.9 Å². The van der Waals surface area contributed by atoms with E-state index in [1.165, 1.54) is 12.1 Å². The molecule has 0 aliphatic carbocycles. The molecule has 0 amide bonds. The van der Waals surface area contributed by atoms with Gasteiger partial charge in [-0.1, -0.05) is 29.3 Å². The lowest BCUT2D eigenvalue weighted by molar-refractivity contribution is 0.0697. The normalized spacial score (nSPS) is 10.4. The van der Waals surface area contributed by atoms with E-state index in [4.69, 9.17) is 11.6 Å². The fraction of sp³-hybridized carbons (Fsp3) is 0.200. The van der Waals surface area contributed by atoms with Gasteiger partial charge in [0.2, 0.25) is 0 Å². The molecular weight excluding hydrogens is 276 g/mol. The maximum absolute atomic E-state index is 11.2. The number of anilines is 2. The summed E-state index contributed by atoms with van der Waals surface area (Å²) in [6.45, 7) is 5.95. The second-order valence-corrected chi connectivity index (χ2v) is 5.12. The van der Waals surface area contributed by atoms with Crippen molar-refractivity contribution >= 4 is 29.1 Å². The van der Waals surface area contributed by atoms with E-state index in [2.05, 4.69) is 10.3 Å². The molecule has 1 aromatic heterocycles. The van der Waals surface area contributed by atoms with Gasteiger partial charge in [0.05, 0.1) is 0 Å². The van der Waals surface area contributed by atoms with Gasteiger partial charge in [0.25, 0.3) is 0 Å². The van der Waals surface area contributed by atoms with E-state index in [9.17, 15) is 9.90 Å². The van der Waals surface area contributed by atoms with Crippen molar-refractivity contribution in [2.75, 3.05) is 5.32 Å². The molecule has 0 spiro atoms. The lowest BCUT2D eigenvalue weighted by Gasteiger charge is -2.14. The molecule has 0 fully saturated rings. The molecule has 0 saturated carbocycles. The number of nitrogens with one attached hydrogen (secondary N) is 1. The van der Waals surface area contributed by atoms with E-state index in [1.54, 1.807) is 0 Å². The number of carbonyl (C=O) groups is 1. The highest BCUT2D eigenvalue weighted by Crippen LogP contribution is 2.27. The predicted molar refractivity (Wildman–Crippen MR) is 80.1 cm³/mol. The zero-order valence-corrected chi connectivity index (χ0v) is 12.2. The van der Waals surface area contributed by atoms with Crippen LogP contribution < -0.4 is 5.32 Å². The van der Waals surface area contributed by atoms with Crippen molar-refractivity contribution in [2.24, 2.45) is 0 Å². The van der Waals surface area contributed by atoms with Crippen LogP contribution in [0, 0.1) is 20.8 Å². The number of carboxylic acid groups (broad SMARTS) is 1. The molecule has 104 valence electrons. The number of hydrogen-bond donors (Lipinski definition) is 2. The van der Waals surface area contributed by atoms with Crippen LogP contribution in [0.2, 0.25) is 5.15 Å². The molecule has 5 heteroatoms. The van der Waals surface area contributed by atoms with E-state index < -0.39 is 5.97 Å². The number of aromatic nitrogens is 1. The van der Waals surface area contributed by atoms with E-state index >= 15 is 0 Å². The predicted octanol–water partition coefficient (Wildman–Crippen LogP) is 4.10. The summed E-state index contributed by atoms with van der Waals surface area (Å²) in [5, 5.41) is 12.5. The molecule has 2 rings (SSSR count). The molecule has 4 nitrogen and oxygen atoms in total. The van der Waals surface area contributed by atoms with Crippen LogP contribution in [-0.2, 0) is 0 Å². The highest BCUT2D eigenvalue weighted by atomic mass is 35.5. The fourth-order valence-corrected chi connectivity index (χ4v) is 2.35. The van der Waals surface area contributed by atoms with Crippen LogP contribution in [0.4, 0.5) is 11.5 Å². The molecule has 0 aliphatic heterocycles. The first-order chi connectivity index (χ1) is 9.38. The minimum absolute atomic E-state index is 0.0915. The summed E-state index contributed by atoms with van der Waals surface area (Å²) in [6.07, 6.45) is 0. The molecular formula is C15H15ClN2O2. The SMILES string of the molecule is Cc1cc(C)c(Nc2nc(Cl)ccc2C(=O)O)c(C)c1. The first-order valence-corrected chi connectivity index (χ1v) is 6.51. The fourth-order valence-electron chi connectivity index (χ4n) is 2.20. The van der Waals surface area contributed by atoms with Gasteiger partial charge < -0.3 is 10.4 Å². The molecule has 0 atom stereocenters. The summed E-state index contributed by atoms with van der Waals surface area (Å²) in [6, 6.07) is 6.96. The third-order valence-electron chi connectivity index (χ3n) is 3.01. The Labute approximate surface area is 122 Å². The summed E-state index contributed by atoms with van der Waals surface area (Å²) in [7, 11) is 0. The minimum atomic E-state index is -1.04. The molecule has 0 unspecified atom stereocenters. The lowest BCUT2D eigenvalue weighted by Crippen LogP contribution is -2.06. The van der Waals surface area contributed by atoms with Crippen molar-refractivity contribution in [1.29, 1.82) is 0 Å². The molecule has 1 heterocycles. The van der Waals surface area contributed by atoms with Crippen LogP contribution in [-0.4, -0.2) is 16.1 Å². The van der Waals surface area contributed by atoms with Crippen molar-refractivity contribution in [3.05, 3.63) is 51.7 Å². The average Bonchev–Trinajstić information content (AvgIpc) is 2.33. The molecule has 20 heavy (non-hydrogen) atoms. The number of nitrogens with zero attached hydrogens (tertiary/aromatic N) is 1. The van der Waals surface area contributed by atoms with E-state index in [-0.39, 0.29) is 16.5 Å². The number of rotatable bonds is 3. The molecule has 0 aliphatic rings. The first kappa shape index (κ1) is 14.3. The zero-order chi connectivity index (χ0) is 14.9. The number of benzene rings is 1. The number of aryl methyl sites for hydroxylation is 3. The number of carboxylic acids is 1. The summed E-state index contributed by atoms with van der Waals surface area (Å²) < 4.78 is 0. The van der Waals surface area contributed by atoms with Crippen LogP contribution in [0.25, 0.3) is 0 Å². The van der Waals surface area contributed by atoms with Crippen molar-refractivity contribution in [3.63, 3.8) is 0 Å². The number of pyridine rings is 1. The Morgan fingerprint density at radius 1 is 1.20 bits per heavy atom. The van der Waals surface area contributed by atoms with Crippen molar-refractivity contribution in [3.8, 4) is 0 Å². The summed E-state index contributed by atoms with van der Waals surface area (Å²) in [4.78, 5) is 15.3. The van der Waals surface area contributed by atoms with Gasteiger partial charge in [0, 0.05) is 5.69 Å². The Morgan fingerprint density at radius 2 is 1.80 bits per heavy atom. The van der Waals surface area contributed by atoms with Gasteiger partial charge in [0.1, 0.15) is 16.5 Å². The Morgan fingerprint density at radius 3 is 2.35 bits per heavy atom. The standard InChI is InChI=1S/C15H15ClN2O2/c1-8-6-9(2)13(10(3)7-8)18-14-11(15(19)20)4-5-12(16)17-14/h4-7H,1-3H3,(H,17,18)(H,19,20). The Hall–Kier alpha value is -2.07. The lowest BCUT2D eigenvalue weighted by atomic mass is 10.0.